The Balaban J connectivity index is 2.45. The normalized spacial score (nSPS) is 17.7. The molecular weight excluding hydrogens is 242 g/mol. The summed E-state index contributed by atoms with van der Waals surface area (Å²) in [6.07, 6.45) is 0. The van der Waals surface area contributed by atoms with Crippen LogP contribution < -0.4 is 0 Å². The van der Waals surface area contributed by atoms with Gasteiger partial charge in [0.05, 0.1) is 19.1 Å². The zero-order chi connectivity index (χ0) is 11.1. The van der Waals surface area contributed by atoms with Crippen molar-refractivity contribution < 1.29 is 13.2 Å². The van der Waals surface area contributed by atoms with E-state index in [-0.39, 0.29) is 11.1 Å². The molecule has 0 aliphatic carbocycles. The molecule has 0 amide bonds. The van der Waals surface area contributed by atoms with Crippen LogP contribution in [0.5, 0.6) is 0 Å². The fourth-order valence-electron chi connectivity index (χ4n) is 1.46. The van der Waals surface area contributed by atoms with Crippen molar-refractivity contribution in [2.75, 3.05) is 13.2 Å². The first kappa shape index (κ1) is 10.8. The molecule has 84 valence electrons. The minimum absolute atomic E-state index is 0.129. The van der Waals surface area contributed by atoms with Crippen LogP contribution in [0.2, 0.25) is 0 Å². The summed E-state index contributed by atoms with van der Waals surface area (Å²) in [4.78, 5) is 0. The van der Waals surface area contributed by atoms with Gasteiger partial charge in [0.25, 0.3) is 14.2 Å². The second kappa shape index (κ2) is 3.73. The van der Waals surface area contributed by atoms with Crippen molar-refractivity contribution in [1.29, 1.82) is 0 Å². The first-order valence-electron chi connectivity index (χ1n) is 4.49. The van der Waals surface area contributed by atoms with Crippen molar-refractivity contribution in [3.05, 3.63) is 5.82 Å². The molecule has 0 aromatic carbocycles. The van der Waals surface area contributed by atoms with Crippen molar-refractivity contribution in [3.8, 4) is 0 Å². The van der Waals surface area contributed by atoms with Gasteiger partial charge in [0.15, 0.2) is 0 Å². The van der Waals surface area contributed by atoms with Crippen LogP contribution in [0, 0.1) is 0 Å². The van der Waals surface area contributed by atoms with Crippen LogP contribution in [0.4, 0.5) is 0 Å². The molecule has 6 nitrogen and oxygen atoms in total. The molecule has 2 rings (SSSR count). The summed E-state index contributed by atoms with van der Waals surface area (Å²) in [6.45, 7) is 3.40. The summed E-state index contributed by atoms with van der Waals surface area (Å²) in [5, 5.41) is 7.26. The molecule has 1 aromatic rings. The molecule has 0 atom stereocenters. The van der Waals surface area contributed by atoms with Gasteiger partial charge in [0.2, 0.25) is 0 Å². The lowest BCUT2D eigenvalue weighted by Gasteiger charge is -2.25. The molecular formula is C7H10ClN3O3S. The van der Waals surface area contributed by atoms with E-state index in [4.69, 9.17) is 15.4 Å². The highest BCUT2D eigenvalue weighted by atomic mass is 35.7. The summed E-state index contributed by atoms with van der Waals surface area (Å²) in [6, 6.07) is 0. The molecule has 0 bridgehead atoms. The van der Waals surface area contributed by atoms with Crippen LogP contribution in [-0.4, -0.2) is 36.4 Å². The minimum atomic E-state index is -3.82. The van der Waals surface area contributed by atoms with E-state index in [9.17, 15) is 8.42 Å². The highest BCUT2D eigenvalue weighted by molar-refractivity contribution is 8.13. The number of halogens is 1. The third-order valence-corrected chi connectivity index (χ3v) is 3.44. The molecule has 0 spiro atoms. The van der Waals surface area contributed by atoms with Crippen molar-refractivity contribution in [1.82, 2.24) is 14.8 Å². The van der Waals surface area contributed by atoms with Crippen molar-refractivity contribution >= 4 is 19.7 Å². The predicted octanol–water partition coefficient (Wildman–Crippen LogP) is 0.339. The van der Waals surface area contributed by atoms with Crippen LogP contribution in [0.15, 0.2) is 5.16 Å². The van der Waals surface area contributed by atoms with Crippen LogP contribution in [-0.2, 0) is 20.3 Å². The van der Waals surface area contributed by atoms with Crippen molar-refractivity contribution in [3.63, 3.8) is 0 Å². The zero-order valence-electron chi connectivity index (χ0n) is 8.05. The Morgan fingerprint density at radius 1 is 1.53 bits per heavy atom. The lowest BCUT2D eigenvalue weighted by Crippen LogP contribution is -2.28. The summed E-state index contributed by atoms with van der Waals surface area (Å²) >= 11 is 0. The van der Waals surface area contributed by atoms with Gasteiger partial charge in [-0.25, -0.2) is 8.42 Å². The standard InChI is InChI=1S/C7H10ClN3O3S/c1-2-11-6(5-3-14-4-5)9-10-7(11)15(8,12)13/h5H,2-4H2,1H3. The maximum Gasteiger partial charge on any atom is 0.296 e. The van der Waals surface area contributed by atoms with Gasteiger partial charge in [0.1, 0.15) is 5.82 Å². The molecule has 1 aliphatic rings. The molecule has 0 N–H and O–H groups in total. The van der Waals surface area contributed by atoms with Crippen LogP contribution in [0.1, 0.15) is 18.7 Å². The van der Waals surface area contributed by atoms with Gasteiger partial charge in [-0.2, -0.15) is 0 Å². The second-order valence-corrected chi connectivity index (χ2v) is 5.72. The Morgan fingerprint density at radius 3 is 2.60 bits per heavy atom. The lowest BCUT2D eigenvalue weighted by atomic mass is 10.1. The quantitative estimate of drug-likeness (QED) is 0.725. The highest BCUT2D eigenvalue weighted by Gasteiger charge is 2.30. The van der Waals surface area contributed by atoms with E-state index < -0.39 is 9.05 Å². The summed E-state index contributed by atoms with van der Waals surface area (Å²) in [7, 11) is 1.42. The van der Waals surface area contributed by atoms with Gasteiger partial charge >= 0.3 is 0 Å². The van der Waals surface area contributed by atoms with Crippen LogP contribution >= 0.6 is 10.7 Å². The van der Waals surface area contributed by atoms with E-state index in [1.54, 1.807) is 0 Å². The van der Waals surface area contributed by atoms with E-state index in [2.05, 4.69) is 10.2 Å². The topological polar surface area (TPSA) is 74.1 Å². The van der Waals surface area contributed by atoms with Gasteiger partial charge in [-0.3, -0.25) is 0 Å². The second-order valence-electron chi connectivity index (χ2n) is 3.26. The molecule has 15 heavy (non-hydrogen) atoms. The van der Waals surface area contributed by atoms with E-state index in [0.717, 1.165) is 0 Å². The van der Waals surface area contributed by atoms with Gasteiger partial charge in [-0.15, -0.1) is 10.2 Å². The summed E-state index contributed by atoms with van der Waals surface area (Å²) in [5.74, 6) is 0.757. The number of rotatable bonds is 3. The van der Waals surface area contributed by atoms with Crippen LogP contribution in [0.25, 0.3) is 0 Å². The summed E-state index contributed by atoms with van der Waals surface area (Å²) in [5.41, 5.74) is 0. The van der Waals surface area contributed by atoms with Crippen LogP contribution in [0.3, 0.4) is 0 Å². The average molecular weight is 252 g/mol. The largest absolute Gasteiger partial charge is 0.380 e. The Morgan fingerprint density at radius 2 is 2.20 bits per heavy atom. The lowest BCUT2D eigenvalue weighted by molar-refractivity contribution is 0.00317. The Kier molecular flexibility index (Phi) is 2.70. The maximum atomic E-state index is 11.2. The smallest absolute Gasteiger partial charge is 0.296 e. The Bertz CT molecular complexity index is 466. The van der Waals surface area contributed by atoms with Gasteiger partial charge in [0, 0.05) is 17.2 Å². The molecule has 1 saturated heterocycles. The zero-order valence-corrected chi connectivity index (χ0v) is 9.62. The van der Waals surface area contributed by atoms with E-state index in [1.165, 1.54) is 4.57 Å². The number of hydrogen-bond donors (Lipinski definition) is 0. The summed E-state index contributed by atoms with van der Waals surface area (Å²) < 4.78 is 28.9. The fourth-order valence-corrected chi connectivity index (χ4v) is 2.43. The number of hydrogen-bond acceptors (Lipinski definition) is 5. The number of ether oxygens (including phenoxy) is 1. The van der Waals surface area contributed by atoms with Gasteiger partial charge in [-0.1, -0.05) is 0 Å². The molecule has 0 radical (unpaired) electrons. The third-order valence-electron chi connectivity index (χ3n) is 2.28. The molecule has 1 fully saturated rings. The van der Waals surface area contributed by atoms with Gasteiger partial charge in [-0.05, 0) is 6.92 Å². The molecule has 1 aliphatic heterocycles. The number of nitrogens with zero attached hydrogens (tertiary/aromatic N) is 3. The van der Waals surface area contributed by atoms with E-state index in [1.807, 2.05) is 6.92 Å². The molecule has 8 heteroatoms. The SMILES string of the molecule is CCn1c(C2COC2)nnc1S(=O)(=O)Cl. The monoisotopic (exact) mass is 251 g/mol. The maximum absolute atomic E-state index is 11.2. The Hall–Kier alpha value is -0.660. The van der Waals surface area contributed by atoms with E-state index in [0.29, 0.717) is 25.6 Å². The predicted molar refractivity (Wildman–Crippen MR) is 52.3 cm³/mol. The first-order valence-corrected chi connectivity index (χ1v) is 6.80. The molecule has 1 aromatic heterocycles. The van der Waals surface area contributed by atoms with Crippen molar-refractivity contribution in [2.45, 2.75) is 24.5 Å². The Labute approximate surface area is 91.6 Å². The van der Waals surface area contributed by atoms with E-state index >= 15 is 0 Å². The van der Waals surface area contributed by atoms with Gasteiger partial charge < -0.3 is 9.30 Å². The highest BCUT2D eigenvalue weighted by Crippen LogP contribution is 2.25. The molecule has 0 saturated carbocycles. The fraction of sp³-hybridized carbons (Fsp3) is 0.714. The average Bonchev–Trinajstić information content (AvgIpc) is 2.43. The first-order chi connectivity index (χ1) is 7.04. The molecule has 0 unspecified atom stereocenters. The molecule has 2 heterocycles. The third kappa shape index (κ3) is 1.86. The number of aromatic nitrogens is 3. The van der Waals surface area contributed by atoms with Crippen molar-refractivity contribution in [2.24, 2.45) is 0 Å². The minimum Gasteiger partial charge on any atom is -0.380 e.